The van der Waals surface area contributed by atoms with Crippen LogP contribution in [0.4, 0.5) is 13.2 Å². The predicted octanol–water partition coefficient (Wildman–Crippen LogP) is 4.34. The van der Waals surface area contributed by atoms with Gasteiger partial charge in [-0.2, -0.15) is 23.7 Å². The van der Waals surface area contributed by atoms with Crippen LogP contribution in [0.15, 0.2) is 54.6 Å². The van der Waals surface area contributed by atoms with Crippen LogP contribution < -0.4 is 0 Å². The molecule has 1 atom stereocenters. The molecule has 0 amide bonds. The van der Waals surface area contributed by atoms with Gasteiger partial charge in [-0.1, -0.05) is 42.5 Å². The van der Waals surface area contributed by atoms with Crippen molar-refractivity contribution < 1.29 is 18.0 Å². The van der Waals surface area contributed by atoms with Crippen LogP contribution in [0.25, 0.3) is 0 Å². The summed E-state index contributed by atoms with van der Waals surface area (Å²) in [5.74, 6) is -2.93. The second kappa shape index (κ2) is 6.97. The number of carbonyl (C=O) groups is 1. The van der Waals surface area contributed by atoms with E-state index in [1.165, 1.54) is 12.1 Å². The number of nitriles is 2. The van der Waals surface area contributed by atoms with Gasteiger partial charge >= 0.3 is 6.18 Å². The number of Topliss-reactive ketones (excluding diaryl/α,β-unsaturated/α-hetero) is 1. The molecule has 0 fully saturated rings. The molecule has 0 heterocycles. The monoisotopic (exact) mass is 328 g/mol. The Balaban J connectivity index is 2.47. The third-order valence-corrected chi connectivity index (χ3v) is 3.55. The summed E-state index contributed by atoms with van der Waals surface area (Å²) in [4.78, 5) is 12.7. The fourth-order valence-electron chi connectivity index (χ4n) is 2.33. The van der Waals surface area contributed by atoms with Crippen LogP contribution >= 0.6 is 0 Å². The van der Waals surface area contributed by atoms with E-state index < -0.39 is 29.4 Å². The van der Waals surface area contributed by atoms with Crippen LogP contribution in [0, 0.1) is 28.6 Å². The number of ketones is 1. The van der Waals surface area contributed by atoms with Gasteiger partial charge in [-0.25, -0.2) is 0 Å². The Hall–Kier alpha value is -3.12. The first-order valence-corrected chi connectivity index (χ1v) is 6.94. The molecule has 0 aliphatic rings. The molecule has 0 spiro atoms. The quantitative estimate of drug-likeness (QED) is 0.784. The van der Waals surface area contributed by atoms with Crippen molar-refractivity contribution in [1.82, 2.24) is 0 Å². The average Bonchev–Trinajstić information content (AvgIpc) is 2.59. The van der Waals surface area contributed by atoms with Gasteiger partial charge in [-0.15, -0.1) is 0 Å². The number of benzene rings is 2. The zero-order valence-electron chi connectivity index (χ0n) is 12.3. The van der Waals surface area contributed by atoms with Gasteiger partial charge in [-0.05, 0) is 17.7 Å². The lowest BCUT2D eigenvalue weighted by atomic mass is 9.81. The molecule has 0 saturated heterocycles. The highest BCUT2D eigenvalue weighted by Crippen LogP contribution is 2.33. The van der Waals surface area contributed by atoms with Crippen LogP contribution in [0.5, 0.6) is 0 Å². The fraction of sp³-hybridized carbons (Fsp3) is 0.167. The van der Waals surface area contributed by atoms with Crippen LogP contribution in [0.2, 0.25) is 0 Å². The van der Waals surface area contributed by atoms with Crippen molar-refractivity contribution in [3.05, 3.63) is 71.3 Å². The smallest absolute Gasteiger partial charge is 0.293 e. The van der Waals surface area contributed by atoms with E-state index in [1.54, 1.807) is 30.3 Å². The Morgan fingerprint density at radius 3 is 1.92 bits per heavy atom. The summed E-state index contributed by atoms with van der Waals surface area (Å²) in [6.45, 7) is 0. The topological polar surface area (TPSA) is 64.7 Å². The Kier molecular flexibility index (Phi) is 5.01. The third-order valence-electron chi connectivity index (χ3n) is 3.55. The molecule has 24 heavy (non-hydrogen) atoms. The lowest BCUT2D eigenvalue weighted by Crippen LogP contribution is -2.20. The Bertz CT molecular complexity index is 785. The summed E-state index contributed by atoms with van der Waals surface area (Å²) >= 11 is 0. The summed E-state index contributed by atoms with van der Waals surface area (Å²) in [6, 6.07) is 15.5. The minimum atomic E-state index is -4.50. The summed E-state index contributed by atoms with van der Waals surface area (Å²) < 4.78 is 38.0. The van der Waals surface area contributed by atoms with E-state index in [0.717, 1.165) is 24.3 Å². The predicted molar refractivity (Wildman–Crippen MR) is 79.7 cm³/mol. The van der Waals surface area contributed by atoms with Crippen LogP contribution in [-0.4, -0.2) is 5.78 Å². The normalized spacial score (nSPS) is 12.2. The van der Waals surface area contributed by atoms with E-state index in [-0.39, 0.29) is 11.1 Å². The Morgan fingerprint density at radius 2 is 1.46 bits per heavy atom. The molecule has 2 aromatic carbocycles. The number of nitrogens with zero attached hydrogens (tertiary/aromatic N) is 2. The number of halogens is 3. The molecule has 0 bridgehead atoms. The molecule has 0 aliphatic heterocycles. The summed E-state index contributed by atoms with van der Waals surface area (Å²) in [5, 5.41) is 18.3. The SMILES string of the molecule is N#CC(C#N)C(C(=O)c1ccccc1)c1ccc(C(F)(F)F)cc1. The zero-order valence-corrected chi connectivity index (χ0v) is 12.3. The fourth-order valence-corrected chi connectivity index (χ4v) is 2.33. The van der Waals surface area contributed by atoms with E-state index in [2.05, 4.69) is 0 Å². The molecule has 0 radical (unpaired) electrons. The molecule has 2 rings (SSSR count). The van der Waals surface area contributed by atoms with Crippen LogP contribution in [0.3, 0.4) is 0 Å². The van der Waals surface area contributed by atoms with Gasteiger partial charge in [0.1, 0.15) is 5.92 Å². The maximum absolute atomic E-state index is 12.7. The summed E-state index contributed by atoms with van der Waals surface area (Å²) in [6.07, 6.45) is -4.50. The second-order valence-electron chi connectivity index (χ2n) is 5.06. The number of hydrogen-bond acceptors (Lipinski definition) is 3. The molecule has 0 N–H and O–H groups in total. The van der Waals surface area contributed by atoms with E-state index in [0.29, 0.717) is 0 Å². The molecule has 2 aromatic rings. The first kappa shape index (κ1) is 17.2. The van der Waals surface area contributed by atoms with Crippen molar-refractivity contribution in [2.24, 2.45) is 5.92 Å². The van der Waals surface area contributed by atoms with Crippen molar-refractivity contribution in [3.63, 3.8) is 0 Å². The van der Waals surface area contributed by atoms with Crippen molar-refractivity contribution in [3.8, 4) is 12.1 Å². The van der Waals surface area contributed by atoms with Gasteiger partial charge in [0, 0.05) is 5.56 Å². The average molecular weight is 328 g/mol. The second-order valence-corrected chi connectivity index (χ2v) is 5.06. The summed E-state index contributed by atoms with van der Waals surface area (Å²) in [5.41, 5.74) is -0.370. The van der Waals surface area contributed by atoms with Gasteiger partial charge in [0.05, 0.1) is 23.6 Å². The molecular weight excluding hydrogens is 317 g/mol. The number of alkyl halides is 3. The van der Waals surface area contributed by atoms with E-state index in [9.17, 15) is 18.0 Å². The lowest BCUT2D eigenvalue weighted by molar-refractivity contribution is -0.137. The molecule has 0 aromatic heterocycles. The molecule has 6 heteroatoms. The van der Waals surface area contributed by atoms with Gasteiger partial charge in [0.25, 0.3) is 0 Å². The molecule has 1 unspecified atom stereocenters. The van der Waals surface area contributed by atoms with Gasteiger partial charge < -0.3 is 0 Å². The minimum Gasteiger partial charge on any atom is -0.293 e. The highest BCUT2D eigenvalue weighted by molar-refractivity contribution is 6.01. The van der Waals surface area contributed by atoms with Crippen molar-refractivity contribution in [1.29, 1.82) is 10.5 Å². The van der Waals surface area contributed by atoms with E-state index >= 15 is 0 Å². The number of rotatable bonds is 4. The Labute approximate surface area is 136 Å². The third kappa shape index (κ3) is 3.61. The van der Waals surface area contributed by atoms with Gasteiger partial charge in [-0.3, -0.25) is 4.79 Å². The molecule has 0 aliphatic carbocycles. The maximum Gasteiger partial charge on any atom is 0.416 e. The molecule has 3 nitrogen and oxygen atoms in total. The minimum absolute atomic E-state index is 0.199. The van der Waals surface area contributed by atoms with Crippen molar-refractivity contribution >= 4 is 5.78 Å². The largest absolute Gasteiger partial charge is 0.416 e. The molecular formula is C18H11F3N2O. The van der Waals surface area contributed by atoms with Crippen LogP contribution in [0.1, 0.15) is 27.4 Å². The van der Waals surface area contributed by atoms with E-state index in [1.807, 2.05) is 0 Å². The van der Waals surface area contributed by atoms with Crippen LogP contribution in [-0.2, 0) is 6.18 Å². The standard InChI is InChI=1S/C18H11F3N2O/c19-18(20,21)15-8-6-12(7-9-15)16(14(10-22)11-23)17(24)13-4-2-1-3-5-13/h1-9,14,16H. The maximum atomic E-state index is 12.7. The number of carbonyl (C=O) groups excluding carboxylic acids is 1. The van der Waals surface area contributed by atoms with Gasteiger partial charge in [0.2, 0.25) is 0 Å². The first-order valence-electron chi connectivity index (χ1n) is 6.94. The Morgan fingerprint density at radius 1 is 0.917 bits per heavy atom. The molecule has 0 saturated carbocycles. The number of hydrogen-bond donors (Lipinski definition) is 0. The van der Waals surface area contributed by atoms with Crippen molar-refractivity contribution in [2.45, 2.75) is 12.1 Å². The molecule has 120 valence electrons. The lowest BCUT2D eigenvalue weighted by Gasteiger charge is -2.17. The first-order chi connectivity index (χ1) is 11.4. The zero-order chi connectivity index (χ0) is 17.7. The van der Waals surface area contributed by atoms with Gasteiger partial charge in [0.15, 0.2) is 5.78 Å². The highest BCUT2D eigenvalue weighted by atomic mass is 19.4. The highest BCUT2D eigenvalue weighted by Gasteiger charge is 2.33. The van der Waals surface area contributed by atoms with E-state index in [4.69, 9.17) is 10.5 Å². The van der Waals surface area contributed by atoms with Crippen molar-refractivity contribution in [2.75, 3.05) is 0 Å². The summed E-state index contributed by atoms with van der Waals surface area (Å²) in [7, 11) is 0.